The van der Waals surface area contributed by atoms with Crippen molar-refractivity contribution in [1.82, 2.24) is 15.2 Å². The van der Waals surface area contributed by atoms with Crippen molar-refractivity contribution in [3.05, 3.63) is 11.1 Å². The molecule has 1 heterocycles. The summed E-state index contributed by atoms with van der Waals surface area (Å²) < 4.78 is 0. The van der Waals surface area contributed by atoms with Crippen LogP contribution in [-0.4, -0.2) is 39.9 Å². The molecule has 1 aromatic rings. The van der Waals surface area contributed by atoms with Gasteiger partial charge < -0.3 is 15.5 Å². The second-order valence-corrected chi connectivity index (χ2v) is 7.60. The summed E-state index contributed by atoms with van der Waals surface area (Å²) in [6, 6.07) is -0.00778. The molecule has 6 nitrogen and oxygen atoms in total. The van der Waals surface area contributed by atoms with E-state index in [0.717, 1.165) is 17.7 Å². The van der Waals surface area contributed by atoms with Crippen molar-refractivity contribution >= 4 is 28.4 Å². The number of urea groups is 1. The van der Waals surface area contributed by atoms with E-state index in [1.165, 1.54) is 11.3 Å². The summed E-state index contributed by atoms with van der Waals surface area (Å²) in [5, 5.41) is 6.22. The van der Waals surface area contributed by atoms with Crippen LogP contribution in [-0.2, 0) is 4.79 Å². The summed E-state index contributed by atoms with van der Waals surface area (Å²) >= 11 is 1.42. The van der Waals surface area contributed by atoms with Gasteiger partial charge in [0.1, 0.15) is 6.54 Å². The highest BCUT2D eigenvalue weighted by molar-refractivity contribution is 7.15. The van der Waals surface area contributed by atoms with Crippen LogP contribution in [0.1, 0.15) is 38.5 Å². The smallest absolute Gasteiger partial charge is 0.318 e. The molecule has 7 heteroatoms. The molecule has 21 heavy (non-hydrogen) atoms. The van der Waals surface area contributed by atoms with Gasteiger partial charge in [-0.3, -0.25) is 4.79 Å². The van der Waals surface area contributed by atoms with Gasteiger partial charge in [-0.05, 0) is 40.5 Å². The zero-order valence-electron chi connectivity index (χ0n) is 12.9. The highest BCUT2D eigenvalue weighted by atomic mass is 32.1. The fourth-order valence-electron chi connectivity index (χ4n) is 1.87. The topological polar surface area (TPSA) is 74.3 Å². The zero-order chi connectivity index (χ0) is 15.6. The number of aromatic nitrogens is 1. The summed E-state index contributed by atoms with van der Waals surface area (Å²) in [7, 11) is 0. The molecule has 1 saturated carbocycles. The Morgan fingerprint density at radius 3 is 2.57 bits per heavy atom. The van der Waals surface area contributed by atoms with E-state index in [1.807, 2.05) is 27.7 Å². The van der Waals surface area contributed by atoms with Crippen LogP contribution in [0.25, 0.3) is 0 Å². The van der Waals surface area contributed by atoms with E-state index in [0.29, 0.717) is 5.13 Å². The average molecular weight is 310 g/mol. The van der Waals surface area contributed by atoms with E-state index in [9.17, 15) is 9.59 Å². The van der Waals surface area contributed by atoms with Crippen LogP contribution in [0.5, 0.6) is 0 Å². The predicted molar refractivity (Wildman–Crippen MR) is 83.5 cm³/mol. The van der Waals surface area contributed by atoms with Crippen molar-refractivity contribution in [3.63, 3.8) is 0 Å². The molecule has 3 amide bonds. The van der Waals surface area contributed by atoms with Gasteiger partial charge in [-0.25, -0.2) is 9.78 Å². The first-order valence-corrected chi connectivity index (χ1v) is 7.87. The summed E-state index contributed by atoms with van der Waals surface area (Å²) in [6.45, 7) is 7.77. The Labute approximate surface area is 128 Å². The van der Waals surface area contributed by atoms with E-state index >= 15 is 0 Å². The van der Waals surface area contributed by atoms with E-state index in [2.05, 4.69) is 15.6 Å². The van der Waals surface area contributed by atoms with Gasteiger partial charge in [0.25, 0.3) is 0 Å². The molecule has 0 spiro atoms. The minimum atomic E-state index is -0.312. The summed E-state index contributed by atoms with van der Waals surface area (Å²) in [5.74, 6) is -0.208. The maximum Gasteiger partial charge on any atom is 0.318 e. The first-order chi connectivity index (χ1) is 9.74. The molecule has 1 fully saturated rings. The summed E-state index contributed by atoms with van der Waals surface area (Å²) in [5.41, 5.74) is -0.312. The van der Waals surface area contributed by atoms with Gasteiger partial charge in [0.2, 0.25) is 5.91 Å². The fraction of sp³-hybridized carbons (Fsp3) is 0.643. The molecule has 116 valence electrons. The van der Waals surface area contributed by atoms with E-state index in [4.69, 9.17) is 0 Å². The molecule has 1 aliphatic carbocycles. The lowest BCUT2D eigenvalue weighted by molar-refractivity contribution is -0.116. The first kappa shape index (κ1) is 15.8. The number of nitrogens with zero attached hydrogens (tertiary/aromatic N) is 2. The molecule has 0 aromatic carbocycles. The van der Waals surface area contributed by atoms with Gasteiger partial charge in [0.05, 0.1) is 0 Å². The van der Waals surface area contributed by atoms with Crippen molar-refractivity contribution in [3.8, 4) is 0 Å². The molecular formula is C14H22N4O2S. The van der Waals surface area contributed by atoms with Gasteiger partial charge >= 0.3 is 6.03 Å². The van der Waals surface area contributed by atoms with Crippen LogP contribution < -0.4 is 10.6 Å². The summed E-state index contributed by atoms with van der Waals surface area (Å²) in [4.78, 5) is 31.1. The van der Waals surface area contributed by atoms with Gasteiger partial charge in [-0.1, -0.05) is 0 Å². The molecule has 0 unspecified atom stereocenters. The number of anilines is 1. The molecule has 0 bridgehead atoms. The Balaban J connectivity index is 1.93. The predicted octanol–water partition coefficient (Wildman–Crippen LogP) is 2.36. The van der Waals surface area contributed by atoms with Crippen molar-refractivity contribution in [1.29, 1.82) is 0 Å². The lowest BCUT2D eigenvalue weighted by Gasteiger charge is -2.28. The Bertz CT molecular complexity index is 531. The van der Waals surface area contributed by atoms with Crippen molar-refractivity contribution in [2.45, 2.75) is 52.1 Å². The number of carbonyl (C=O) groups is 2. The standard InChI is InChI=1S/C14H22N4O2S/c1-9-7-15-12(21-9)16-11(19)8-18(10-5-6-10)13(20)17-14(2,3)4/h7,10H,5-6,8H2,1-4H3,(H,17,20)(H,15,16,19). The number of carbonyl (C=O) groups excluding carboxylic acids is 2. The molecule has 0 saturated heterocycles. The zero-order valence-corrected chi connectivity index (χ0v) is 13.7. The number of amides is 3. The highest BCUT2D eigenvalue weighted by Gasteiger charge is 2.35. The monoisotopic (exact) mass is 310 g/mol. The number of rotatable bonds is 4. The minimum Gasteiger partial charge on any atom is -0.333 e. The number of aryl methyl sites for hydroxylation is 1. The SMILES string of the molecule is Cc1cnc(NC(=O)CN(C(=O)NC(C)(C)C)C2CC2)s1. The van der Waals surface area contributed by atoms with E-state index < -0.39 is 0 Å². The van der Waals surface area contributed by atoms with Crippen molar-refractivity contribution < 1.29 is 9.59 Å². The van der Waals surface area contributed by atoms with Crippen LogP contribution >= 0.6 is 11.3 Å². The highest BCUT2D eigenvalue weighted by Crippen LogP contribution is 2.27. The van der Waals surface area contributed by atoms with Crippen LogP contribution in [0.4, 0.5) is 9.93 Å². The molecule has 2 rings (SSSR count). The summed E-state index contributed by atoms with van der Waals surface area (Å²) in [6.07, 6.45) is 3.63. The van der Waals surface area contributed by atoms with E-state index in [1.54, 1.807) is 11.1 Å². The Kier molecular flexibility index (Phi) is 4.51. The lowest BCUT2D eigenvalue weighted by Crippen LogP contribution is -2.51. The molecular weight excluding hydrogens is 288 g/mol. The third-order valence-electron chi connectivity index (χ3n) is 2.91. The average Bonchev–Trinajstić information content (AvgIpc) is 3.08. The van der Waals surface area contributed by atoms with Gasteiger partial charge in [-0.15, -0.1) is 11.3 Å². The minimum absolute atomic E-state index is 0.0607. The fourth-order valence-corrected chi connectivity index (χ4v) is 2.55. The van der Waals surface area contributed by atoms with Crippen LogP contribution in [0.15, 0.2) is 6.20 Å². The molecule has 1 aromatic heterocycles. The Hall–Kier alpha value is -1.63. The third-order valence-corrected chi connectivity index (χ3v) is 3.74. The van der Waals surface area contributed by atoms with Crippen LogP contribution in [0.2, 0.25) is 0 Å². The molecule has 0 aliphatic heterocycles. The Morgan fingerprint density at radius 2 is 2.10 bits per heavy atom. The maximum absolute atomic E-state index is 12.3. The lowest BCUT2D eigenvalue weighted by atomic mass is 10.1. The van der Waals surface area contributed by atoms with Crippen LogP contribution in [0, 0.1) is 6.92 Å². The van der Waals surface area contributed by atoms with Crippen molar-refractivity contribution in [2.24, 2.45) is 0 Å². The number of nitrogens with one attached hydrogen (secondary N) is 2. The number of hydrogen-bond donors (Lipinski definition) is 2. The third kappa shape index (κ3) is 5.00. The van der Waals surface area contributed by atoms with Crippen molar-refractivity contribution in [2.75, 3.05) is 11.9 Å². The maximum atomic E-state index is 12.3. The Morgan fingerprint density at radius 1 is 1.43 bits per heavy atom. The molecule has 2 N–H and O–H groups in total. The second kappa shape index (κ2) is 6.01. The van der Waals surface area contributed by atoms with Gasteiger partial charge in [0.15, 0.2) is 5.13 Å². The first-order valence-electron chi connectivity index (χ1n) is 7.06. The number of hydrogen-bond acceptors (Lipinski definition) is 4. The quantitative estimate of drug-likeness (QED) is 0.896. The number of thiazole rings is 1. The van der Waals surface area contributed by atoms with Gasteiger partial charge in [-0.2, -0.15) is 0 Å². The van der Waals surface area contributed by atoms with Gasteiger partial charge in [0, 0.05) is 22.7 Å². The van der Waals surface area contributed by atoms with Crippen LogP contribution in [0.3, 0.4) is 0 Å². The largest absolute Gasteiger partial charge is 0.333 e. The molecule has 0 radical (unpaired) electrons. The van der Waals surface area contributed by atoms with E-state index in [-0.39, 0.29) is 30.1 Å². The second-order valence-electron chi connectivity index (χ2n) is 6.36. The molecule has 0 atom stereocenters. The molecule has 1 aliphatic rings. The normalized spacial score (nSPS) is 14.7.